The van der Waals surface area contributed by atoms with E-state index in [0.717, 1.165) is 0 Å². The molecule has 17 heavy (non-hydrogen) atoms. The maximum atomic E-state index is 11.6. The van der Waals surface area contributed by atoms with Crippen LogP contribution in [0.3, 0.4) is 0 Å². The van der Waals surface area contributed by atoms with E-state index >= 15 is 0 Å². The van der Waals surface area contributed by atoms with Crippen LogP contribution in [0, 0.1) is 0 Å². The zero-order valence-electron chi connectivity index (χ0n) is 9.67. The lowest BCUT2D eigenvalue weighted by Gasteiger charge is -2.05. The van der Waals surface area contributed by atoms with Crippen molar-refractivity contribution < 1.29 is 19.2 Å². The van der Waals surface area contributed by atoms with Crippen molar-refractivity contribution in [3.8, 4) is 0 Å². The van der Waals surface area contributed by atoms with E-state index in [1.165, 1.54) is 18.3 Å². The van der Waals surface area contributed by atoms with Crippen molar-refractivity contribution in [3.05, 3.63) is 35.4 Å². The number of carbonyl (C=O) groups is 2. The van der Waals surface area contributed by atoms with Gasteiger partial charge in [-0.2, -0.15) is 0 Å². The first-order valence-corrected chi connectivity index (χ1v) is 5.16. The van der Waals surface area contributed by atoms with E-state index < -0.39 is 11.9 Å². The molecule has 0 fully saturated rings. The van der Waals surface area contributed by atoms with Crippen LogP contribution in [0.4, 0.5) is 0 Å². The number of carbonyl (C=O) groups excluding carboxylic acids is 2. The van der Waals surface area contributed by atoms with Crippen molar-refractivity contribution in [3.63, 3.8) is 0 Å². The maximum Gasteiger partial charge on any atom is 0.366 e. The Kier molecular flexibility index (Phi) is 4.87. The standard InChI is InChI=1S/C12H13NO4/c1-3-13-17-12(15)10-8-6-5-7-9(10)11(14)16-4-2/h3,5-8H,4H2,1-2H3. The molecule has 0 bridgehead atoms. The number of benzene rings is 1. The third kappa shape index (κ3) is 3.41. The Morgan fingerprint density at radius 3 is 2.35 bits per heavy atom. The Labute approximate surface area is 99.0 Å². The van der Waals surface area contributed by atoms with Crippen molar-refractivity contribution in [1.82, 2.24) is 0 Å². The number of hydrogen-bond donors (Lipinski definition) is 0. The predicted octanol–water partition coefficient (Wildman–Crippen LogP) is 2.03. The third-order valence-corrected chi connectivity index (χ3v) is 1.88. The molecule has 0 N–H and O–H groups in total. The fraction of sp³-hybridized carbons (Fsp3) is 0.250. The van der Waals surface area contributed by atoms with Crippen LogP contribution in [0.2, 0.25) is 0 Å². The summed E-state index contributed by atoms with van der Waals surface area (Å²) in [5, 5.41) is 3.37. The molecule has 0 radical (unpaired) electrons. The van der Waals surface area contributed by atoms with Crippen LogP contribution < -0.4 is 0 Å². The van der Waals surface area contributed by atoms with Gasteiger partial charge in [0.05, 0.1) is 17.7 Å². The summed E-state index contributed by atoms with van der Waals surface area (Å²) in [6.45, 7) is 3.56. The van der Waals surface area contributed by atoms with Gasteiger partial charge in [-0.05, 0) is 26.0 Å². The molecule has 90 valence electrons. The number of oxime groups is 1. The predicted molar refractivity (Wildman–Crippen MR) is 62.0 cm³/mol. The van der Waals surface area contributed by atoms with E-state index in [9.17, 15) is 9.59 Å². The van der Waals surface area contributed by atoms with Crippen molar-refractivity contribution in [1.29, 1.82) is 0 Å². The summed E-state index contributed by atoms with van der Waals surface area (Å²) in [6, 6.07) is 6.27. The van der Waals surface area contributed by atoms with Crippen molar-refractivity contribution >= 4 is 18.2 Å². The molecule has 0 unspecified atom stereocenters. The zero-order chi connectivity index (χ0) is 12.7. The van der Waals surface area contributed by atoms with Gasteiger partial charge < -0.3 is 9.57 Å². The van der Waals surface area contributed by atoms with E-state index in [2.05, 4.69) is 9.99 Å². The molecule has 0 spiro atoms. The average Bonchev–Trinajstić information content (AvgIpc) is 2.36. The largest absolute Gasteiger partial charge is 0.462 e. The smallest absolute Gasteiger partial charge is 0.366 e. The van der Waals surface area contributed by atoms with Gasteiger partial charge in [0.1, 0.15) is 0 Å². The van der Waals surface area contributed by atoms with E-state index in [1.54, 1.807) is 26.0 Å². The lowest BCUT2D eigenvalue weighted by molar-refractivity contribution is 0.0475. The van der Waals surface area contributed by atoms with Gasteiger partial charge in [0.2, 0.25) is 0 Å². The second-order valence-electron chi connectivity index (χ2n) is 3.01. The second kappa shape index (κ2) is 6.42. The minimum Gasteiger partial charge on any atom is -0.462 e. The van der Waals surface area contributed by atoms with Crippen LogP contribution >= 0.6 is 0 Å². The van der Waals surface area contributed by atoms with Gasteiger partial charge in [0.25, 0.3) is 0 Å². The topological polar surface area (TPSA) is 65.0 Å². The number of rotatable bonds is 4. The summed E-state index contributed by atoms with van der Waals surface area (Å²) >= 11 is 0. The number of hydrogen-bond acceptors (Lipinski definition) is 5. The molecule has 0 atom stereocenters. The molecule has 0 aliphatic carbocycles. The highest BCUT2D eigenvalue weighted by atomic mass is 16.7. The number of nitrogens with zero attached hydrogens (tertiary/aromatic N) is 1. The monoisotopic (exact) mass is 235 g/mol. The summed E-state index contributed by atoms with van der Waals surface area (Å²) in [5.41, 5.74) is 0.308. The molecule has 0 amide bonds. The lowest BCUT2D eigenvalue weighted by atomic mass is 10.1. The van der Waals surface area contributed by atoms with E-state index in [0.29, 0.717) is 0 Å². The molecular weight excluding hydrogens is 222 g/mol. The third-order valence-electron chi connectivity index (χ3n) is 1.88. The molecule has 1 aromatic rings. The Hall–Kier alpha value is -2.17. The first-order valence-electron chi connectivity index (χ1n) is 5.16. The summed E-state index contributed by atoms with van der Waals surface area (Å²) in [4.78, 5) is 27.7. The first-order chi connectivity index (χ1) is 8.20. The molecule has 0 aromatic heterocycles. The molecule has 0 saturated carbocycles. The Morgan fingerprint density at radius 2 is 1.82 bits per heavy atom. The molecule has 5 heteroatoms. The summed E-state index contributed by atoms with van der Waals surface area (Å²) in [7, 11) is 0. The fourth-order valence-electron chi connectivity index (χ4n) is 1.20. The number of esters is 1. The van der Waals surface area contributed by atoms with Gasteiger partial charge in [0.15, 0.2) is 0 Å². The fourth-order valence-corrected chi connectivity index (χ4v) is 1.20. The molecule has 0 aliphatic rings. The Balaban J connectivity index is 2.99. The minimum absolute atomic E-state index is 0.136. The van der Waals surface area contributed by atoms with Gasteiger partial charge in [0, 0.05) is 6.21 Å². The van der Waals surface area contributed by atoms with Gasteiger partial charge >= 0.3 is 11.9 Å². The van der Waals surface area contributed by atoms with Crippen LogP contribution in [-0.2, 0) is 9.57 Å². The molecule has 0 aliphatic heterocycles. The van der Waals surface area contributed by atoms with Crippen LogP contribution in [0.15, 0.2) is 29.4 Å². The highest BCUT2D eigenvalue weighted by molar-refractivity contribution is 6.03. The van der Waals surface area contributed by atoms with Crippen LogP contribution in [0.25, 0.3) is 0 Å². The molecule has 0 saturated heterocycles. The maximum absolute atomic E-state index is 11.6. The van der Waals surface area contributed by atoms with Gasteiger partial charge in [-0.15, -0.1) is 0 Å². The highest BCUT2D eigenvalue weighted by Gasteiger charge is 2.18. The zero-order valence-corrected chi connectivity index (χ0v) is 9.67. The minimum atomic E-state index is -0.688. The SMILES string of the molecule is CC=NOC(=O)c1ccccc1C(=O)OCC. The van der Waals surface area contributed by atoms with Gasteiger partial charge in [-0.3, -0.25) is 0 Å². The lowest BCUT2D eigenvalue weighted by Crippen LogP contribution is -2.12. The average molecular weight is 235 g/mol. The van der Waals surface area contributed by atoms with E-state index in [-0.39, 0.29) is 17.7 Å². The second-order valence-corrected chi connectivity index (χ2v) is 3.01. The Morgan fingerprint density at radius 1 is 1.24 bits per heavy atom. The highest BCUT2D eigenvalue weighted by Crippen LogP contribution is 2.12. The van der Waals surface area contributed by atoms with Crippen molar-refractivity contribution in [2.45, 2.75) is 13.8 Å². The summed E-state index contributed by atoms with van der Waals surface area (Å²) in [5.74, 6) is -1.24. The van der Waals surface area contributed by atoms with Crippen molar-refractivity contribution in [2.75, 3.05) is 6.61 Å². The summed E-state index contributed by atoms with van der Waals surface area (Å²) < 4.78 is 4.84. The van der Waals surface area contributed by atoms with Gasteiger partial charge in [-0.25, -0.2) is 9.59 Å². The molecule has 1 rings (SSSR count). The Bertz CT molecular complexity index is 440. The molecule has 5 nitrogen and oxygen atoms in total. The van der Waals surface area contributed by atoms with Crippen LogP contribution in [0.5, 0.6) is 0 Å². The molecular formula is C12H13NO4. The number of ether oxygens (including phenoxy) is 1. The van der Waals surface area contributed by atoms with Crippen LogP contribution in [0.1, 0.15) is 34.6 Å². The van der Waals surface area contributed by atoms with Gasteiger partial charge in [-0.1, -0.05) is 17.3 Å². The molecule has 0 heterocycles. The van der Waals surface area contributed by atoms with Crippen LogP contribution in [-0.4, -0.2) is 24.8 Å². The first kappa shape index (κ1) is 12.9. The van der Waals surface area contributed by atoms with E-state index in [1.807, 2.05) is 0 Å². The van der Waals surface area contributed by atoms with E-state index in [4.69, 9.17) is 4.74 Å². The quantitative estimate of drug-likeness (QED) is 0.346. The normalized spacial score (nSPS) is 10.2. The molecule has 1 aromatic carbocycles. The summed E-state index contributed by atoms with van der Waals surface area (Å²) in [6.07, 6.45) is 1.34. The van der Waals surface area contributed by atoms with Crippen molar-refractivity contribution in [2.24, 2.45) is 5.16 Å².